The third kappa shape index (κ3) is 2.54. The molecule has 102 valence electrons. The molecule has 0 spiro atoms. The molecule has 18 heavy (non-hydrogen) atoms. The second-order valence-corrected chi connectivity index (χ2v) is 6.23. The molecule has 2 N–H and O–H groups in total. The molecule has 3 atom stereocenters. The molecule has 2 saturated heterocycles. The van der Waals surface area contributed by atoms with E-state index in [2.05, 4.69) is 22.5 Å². The average Bonchev–Trinajstić information content (AvgIpc) is 2.98. The lowest BCUT2D eigenvalue weighted by Crippen LogP contribution is -2.42. The Bertz CT molecular complexity index is 316. The van der Waals surface area contributed by atoms with Gasteiger partial charge in [0, 0.05) is 19.1 Å². The van der Waals surface area contributed by atoms with E-state index < -0.39 is 0 Å². The summed E-state index contributed by atoms with van der Waals surface area (Å²) in [5, 5.41) is 6.57. The molecule has 3 aliphatic rings. The molecular weight excluding hydrogens is 226 g/mol. The van der Waals surface area contributed by atoms with Crippen LogP contribution in [0.15, 0.2) is 0 Å². The van der Waals surface area contributed by atoms with Gasteiger partial charge in [0.1, 0.15) is 0 Å². The number of nitrogens with zero attached hydrogens (tertiary/aromatic N) is 1. The maximum absolute atomic E-state index is 11.9. The van der Waals surface area contributed by atoms with Crippen molar-refractivity contribution in [3.8, 4) is 0 Å². The Morgan fingerprint density at radius 2 is 2.22 bits per heavy atom. The molecule has 0 radical (unpaired) electrons. The van der Waals surface area contributed by atoms with Crippen LogP contribution < -0.4 is 10.6 Å². The zero-order chi connectivity index (χ0) is 12.5. The molecule has 1 saturated carbocycles. The lowest BCUT2D eigenvalue weighted by atomic mass is 9.93. The van der Waals surface area contributed by atoms with Gasteiger partial charge in [-0.05, 0) is 50.1 Å². The summed E-state index contributed by atoms with van der Waals surface area (Å²) in [6.07, 6.45) is 3.77. The van der Waals surface area contributed by atoms with Gasteiger partial charge in [-0.3, -0.25) is 9.69 Å². The minimum Gasteiger partial charge on any atom is -0.355 e. The first kappa shape index (κ1) is 12.4. The summed E-state index contributed by atoms with van der Waals surface area (Å²) >= 11 is 0. The predicted molar refractivity (Wildman–Crippen MR) is 71.2 cm³/mol. The highest BCUT2D eigenvalue weighted by Crippen LogP contribution is 2.33. The summed E-state index contributed by atoms with van der Waals surface area (Å²) in [5.41, 5.74) is 0. The maximum atomic E-state index is 11.9. The molecule has 3 fully saturated rings. The van der Waals surface area contributed by atoms with Crippen molar-refractivity contribution in [2.24, 2.45) is 17.8 Å². The molecule has 0 aromatic rings. The van der Waals surface area contributed by atoms with Gasteiger partial charge in [-0.2, -0.15) is 0 Å². The molecule has 3 rings (SSSR count). The van der Waals surface area contributed by atoms with Gasteiger partial charge in [-0.25, -0.2) is 0 Å². The smallest absolute Gasteiger partial charge is 0.234 e. The normalized spacial score (nSPS) is 35.7. The lowest BCUT2D eigenvalue weighted by Gasteiger charge is -2.26. The van der Waals surface area contributed by atoms with E-state index in [1.54, 1.807) is 0 Å². The van der Waals surface area contributed by atoms with Gasteiger partial charge in [-0.15, -0.1) is 0 Å². The van der Waals surface area contributed by atoms with Crippen molar-refractivity contribution in [3.63, 3.8) is 0 Å². The fourth-order valence-corrected chi connectivity index (χ4v) is 3.67. The molecule has 4 heteroatoms. The molecule has 1 amide bonds. The number of carbonyl (C=O) groups is 1. The second kappa shape index (κ2) is 5.17. The molecule has 2 aliphatic heterocycles. The number of fused-ring (bicyclic) bond motifs is 1. The third-order valence-electron chi connectivity index (χ3n) is 4.87. The Morgan fingerprint density at radius 1 is 1.39 bits per heavy atom. The fraction of sp³-hybridized carbons (Fsp3) is 0.929. The Morgan fingerprint density at radius 3 is 2.94 bits per heavy atom. The summed E-state index contributed by atoms with van der Waals surface area (Å²) in [6, 6.07) is 0.608. The maximum Gasteiger partial charge on any atom is 0.234 e. The molecule has 4 nitrogen and oxygen atoms in total. The van der Waals surface area contributed by atoms with Crippen LogP contribution in [0.25, 0.3) is 0 Å². The van der Waals surface area contributed by atoms with Crippen LogP contribution in [0.5, 0.6) is 0 Å². The quantitative estimate of drug-likeness (QED) is 0.745. The highest BCUT2D eigenvalue weighted by atomic mass is 16.2. The first-order chi connectivity index (χ1) is 8.78. The van der Waals surface area contributed by atoms with E-state index in [0.29, 0.717) is 12.6 Å². The molecule has 3 unspecified atom stereocenters. The Balaban J connectivity index is 1.50. The predicted octanol–water partition coefficient (Wildman–Crippen LogP) is 0.442. The first-order valence-corrected chi connectivity index (χ1v) is 7.49. The number of amides is 1. The largest absolute Gasteiger partial charge is 0.355 e. The minimum atomic E-state index is 0.230. The number of hydrogen-bond acceptors (Lipinski definition) is 3. The summed E-state index contributed by atoms with van der Waals surface area (Å²) in [4.78, 5) is 14.4. The van der Waals surface area contributed by atoms with Crippen molar-refractivity contribution >= 4 is 5.91 Å². The van der Waals surface area contributed by atoms with Crippen molar-refractivity contribution in [2.75, 3.05) is 32.7 Å². The number of nitrogens with one attached hydrogen (secondary N) is 2. The van der Waals surface area contributed by atoms with Crippen LogP contribution >= 0.6 is 0 Å². The van der Waals surface area contributed by atoms with Crippen molar-refractivity contribution in [1.82, 2.24) is 15.5 Å². The van der Waals surface area contributed by atoms with Gasteiger partial charge in [0.2, 0.25) is 5.91 Å². The van der Waals surface area contributed by atoms with E-state index in [4.69, 9.17) is 0 Å². The molecule has 0 aromatic carbocycles. The SMILES string of the molecule is CCC1C2CNCC2CN1CC(=O)NCC1CC1. The topological polar surface area (TPSA) is 44.4 Å². The third-order valence-corrected chi connectivity index (χ3v) is 4.87. The molecular formula is C14H25N3O. The van der Waals surface area contributed by atoms with Crippen LogP contribution in [0.2, 0.25) is 0 Å². The fourth-order valence-electron chi connectivity index (χ4n) is 3.67. The van der Waals surface area contributed by atoms with Crippen molar-refractivity contribution in [1.29, 1.82) is 0 Å². The van der Waals surface area contributed by atoms with E-state index in [9.17, 15) is 4.79 Å². The van der Waals surface area contributed by atoms with Gasteiger partial charge < -0.3 is 10.6 Å². The van der Waals surface area contributed by atoms with E-state index in [0.717, 1.165) is 43.9 Å². The second-order valence-electron chi connectivity index (χ2n) is 6.23. The Labute approximate surface area is 109 Å². The van der Waals surface area contributed by atoms with Crippen LogP contribution in [0.4, 0.5) is 0 Å². The van der Waals surface area contributed by atoms with Gasteiger partial charge >= 0.3 is 0 Å². The van der Waals surface area contributed by atoms with E-state index in [1.807, 2.05) is 0 Å². The van der Waals surface area contributed by atoms with Crippen molar-refractivity contribution in [2.45, 2.75) is 32.2 Å². The number of likely N-dealkylation sites (tertiary alicyclic amines) is 1. The highest BCUT2D eigenvalue weighted by Gasteiger charge is 2.43. The van der Waals surface area contributed by atoms with Crippen LogP contribution in [0.1, 0.15) is 26.2 Å². The van der Waals surface area contributed by atoms with Gasteiger partial charge in [0.05, 0.1) is 6.54 Å². The van der Waals surface area contributed by atoms with Gasteiger partial charge in [0.15, 0.2) is 0 Å². The van der Waals surface area contributed by atoms with Crippen molar-refractivity contribution in [3.05, 3.63) is 0 Å². The average molecular weight is 251 g/mol. The Hall–Kier alpha value is -0.610. The zero-order valence-corrected chi connectivity index (χ0v) is 11.3. The molecule has 0 bridgehead atoms. The summed E-state index contributed by atoms with van der Waals surface area (Å²) in [5.74, 6) is 2.55. The van der Waals surface area contributed by atoms with Gasteiger partial charge in [0.25, 0.3) is 0 Å². The van der Waals surface area contributed by atoms with E-state index in [1.165, 1.54) is 19.3 Å². The zero-order valence-electron chi connectivity index (χ0n) is 11.3. The first-order valence-electron chi connectivity index (χ1n) is 7.49. The van der Waals surface area contributed by atoms with Crippen LogP contribution in [0.3, 0.4) is 0 Å². The van der Waals surface area contributed by atoms with Gasteiger partial charge in [-0.1, -0.05) is 6.92 Å². The van der Waals surface area contributed by atoms with E-state index in [-0.39, 0.29) is 5.91 Å². The summed E-state index contributed by atoms with van der Waals surface area (Å²) in [7, 11) is 0. The Kier molecular flexibility index (Phi) is 3.57. The molecule has 2 heterocycles. The van der Waals surface area contributed by atoms with Crippen LogP contribution in [-0.4, -0.2) is 49.6 Å². The number of carbonyl (C=O) groups excluding carboxylic acids is 1. The summed E-state index contributed by atoms with van der Waals surface area (Å²) in [6.45, 7) is 7.15. The number of hydrogen-bond donors (Lipinski definition) is 2. The standard InChI is InChI=1S/C14H25N3O/c1-2-13-12-7-15-6-11(12)8-17(13)9-14(18)16-5-10-3-4-10/h10-13,15H,2-9H2,1H3,(H,16,18). The monoisotopic (exact) mass is 251 g/mol. The minimum absolute atomic E-state index is 0.230. The lowest BCUT2D eigenvalue weighted by molar-refractivity contribution is -0.122. The van der Waals surface area contributed by atoms with E-state index >= 15 is 0 Å². The van der Waals surface area contributed by atoms with Crippen LogP contribution in [-0.2, 0) is 4.79 Å². The highest BCUT2D eigenvalue weighted by molar-refractivity contribution is 5.78. The van der Waals surface area contributed by atoms with Crippen molar-refractivity contribution < 1.29 is 4.79 Å². The number of rotatable bonds is 5. The summed E-state index contributed by atoms with van der Waals surface area (Å²) < 4.78 is 0. The molecule has 0 aromatic heterocycles. The molecule has 1 aliphatic carbocycles. The van der Waals surface area contributed by atoms with Crippen LogP contribution in [0, 0.1) is 17.8 Å².